The molecule has 1 unspecified atom stereocenters. The molecule has 6 nitrogen and oxygen atoms in total. The molecule has 3 N–H and O–H groups in total. The van der Waals surface area contributed by atoms with E-state index in [1.165, 1.54) is 0 Å². The van der Waals surface area contributed by atoms with Crippen molar-refractivity contribution in [2.24, 2.45) is 5.73 Å². The first-order chi connectivity index (χ1) is 9.97. The number of carboxylic acid groups (broad SMARTS) is 1. The van der Waals surface area contributed by atoms with E-state index in [0.29, 0.717) is 19.5 Å². The van der Waals surface area contributed by atoms with Gasteiger partial charge in [0.15, 0.2) is 0 Å². The lowest BCUT2D eigenvalue weighted by atomic mass is 10.0. The molecule has 1 aliphatic rings. The Labute approximate surface area is 124 Å². The number of carbonyl (C=O) groups is 2. The molecule has 1 fully saturated rings. The van der Waals surface area contributed by atoms with Crippen molar-refractivity contribution in [2.75, 3.05) is 31.6 Å². The SMILES string of the molecule is CN1CCN(c2ccc(C(N)CCC(=O)O)cc2)C(=O)C1. The molecule has 1 heterocycles. The molecule has 0 bridgehead atoms. The third kappa shape index (κ3) is 4.03. The molecule has 0 saturated carbocycles. The van der Waals surface area contributed by atoms with E-state index in [0.717, 1.165) is 17.8 Å². The zero-order valence-electron chi connectivity index (χ0n) is 12.2. The zero-order chi connectivity index (χ0) is 15.4. The normalized spacial score (nSPS) is 17.8. The van der Waals surface area contributed by atoms with Gasteiger partial charge >= 0.3 is 5.97 Å². The van der Waals surface area contributed by atoms with Crippen LogP contribution in [0, 0.1) is 0 Å². The number of rotatable bonds is 5. The molecule has 1 amide bonds. The number of nitrogens with zero attached hydrogens (tertiary/aromatic N) is 2. The smallest absolute Gasteiger partial charge is 0.303 e. The molecule has 1 aromatic rings. The minimum atomic E-state index is -0.842. The van der Waals surface area contributed by atoms with Crippen LogP contribution < -0.4 is 10.6 Å². The average Bonchev–Trinajstić information content (AvgIpc) is 2.45. The Bertz CT molecular complexity index is 515. The van der Waals surface area contributed by atoms with Crippen molar-refractivity contribution in [2.45, 2.75) is 18.9 Å². The van der Waals surface area contributed by atoms with E-state index >= 15 is 0 Å². The highest BCUT2D eigenvalue weighted by Gasteiger charge is 2.22. The number of benzene rings is 1. The lowest BCUT2D eigenvalue weighted by molar-refractivity contribution is -0.137. The van der Waals surface area contributed by atoms with E-state index in [-0.39, 0.29) is 18.4 Å². The Morgan fingerprint density at radius 1 is 1.33 bits per heavy atom. The zero-order valence-corrected chi connectivity index (χ0v) is 12.2. The standard InChI is InChI=1S/C15H21N3O3/c1-17-8-9-18(14(19)10-17)12-4-2-11(3-5-12)13(16)6-7-15(20)21/h2-5,13H,6-10,16H2,1H3,(H,20,21). The molecule has 1 aromatic carbocycles. The van der Waals surface area contributed by atoms with Crippen LogP contribution in [0.2, 0.25) is 0 Å². The first-order valence-corrected chi connectivity index (χ1v) is 7.03. The van der Waals surface area contributed by atoms with Gasteiger partial charge in [-0.1, -0.05) is 12.1 Å². The number of amides is 1. The summed E-state index contributed by atoms with van der Waals surface area (Å²) in [4.78, 5) is 26.3. The topological polar surface area (TPSA) is 86.9 Å². The number of nitrogens with two attached hydrogens (primary N) is 1. The second-order valence-corrected chi connectivity index (χ2v) is 5.41. The largest absolute Gasteiger partial charge is 0.481 e. The van der Waals surface area contributed by atoms with Gasteiger partial charge in [0.1, 0.15) is 0 Å². The summed E-state index contributed by atoms with van der Waals surface area (Å²) >= 11 is 0. The summed E-state index contributed by atoms with van der Waals surface area (Å²) in [6.45, 7) is 1.96. The van der Waals surface area contributed by atoms with E-state index in [4.69, 9.17) is 10.8 Å². The van der Waals surface area contributed by atoms with Gasteiger partial charge in [-0.05, 0) is 31.2 Å². The highest BCUT2D eigenvalue weighted by Crippen LogP contribution is 2.22. The van der Waals surface area contributed by atoms with Crippen molar-refractivity contribution in [3.8, 4) is 0 Å². The molecule has 1 atom stereocenters. The fourth-order valence-corrected chi connectivity index (χ4v) is 2.41. The van der Waals surface area contributed by atoms with Gasteiger partial charge in [-0.3, -0.25) is 14.5 Å². The Morgan fingerprint density at radius 2 is 2.00 bits per heavy atom. The second-order valence-electron chi connectivity index (χ2n) is 5.41. The summed E-state index contributed by atoms with van der Waals surface area (Å²) in [6, 6.07) is 7.19. The first-order valence-electron chi connectivity index (χ1n) is 7.03. The van der Waals surface area contributed by atoms with Crippen molar-refractivity contribution < 1.29 is 14.7 Å². The molecule has 114 valence electrons. The predicted molar refractivity (Wildman–Crippen MR) is 80.1 cm³/mol. The summed E-state index contributed by atoms with van der Waals surface area (Å²) in [5.41, 5.74) is 7.72. The summed E-state index contributed by atoms with van der Waals surface area (Å²) in [5, 5.41) is 8.67. The highest BCUT2D eigenvalue weighted by atomic mass is 16.4. The summed E-state index contributed by atoms with van der Waals surface area (Å²) in [6.07, 6.45) is 0.460. The third-order valence-corrected chi connectivity index (χ3v) is 3.71. The Hall–Kier alpha value is -1.92. The molecule has 0 spiro atoms. The van der Waals surface area contributed by atoms with Gasteiger partial charge in [0, 0.05) is 31.2 Å². The maximum Gasteiger partial charge on any atom is 0.303 e. The molecule has 0 aliphatic carbocycles. The van der Waals surface area contributed by atoms with Crippen molar-refractivity contribution in [1.82, 2.24) is 4.90 Å². The fourth-order valence-electron chi connectivity index (χ4n) is 2.41. The van der Waals surface area contributed by atoms with Crippen molar-refractivity contribution >= 4 is 17.6 Å². The van der Waals surface area contributed by atoms with Crippen LogP contribution in [0.3, 0.4) is 0 Å². The number of anilines is 1. The van der Waals surface area contributed by atoms with E-state index in [2.05, 4.69) is 0 Å². The average molecular weight is 291 g/mol. The van der Waals surface area contributed by atoms with Crippen LogP contribution >= 0.6 is 0 Å². The van der Waals surface area contributed by atoms with Crippen LogP contribution in [0.15, 0.2) is 24.3 Å². The molecule has 0 radical (unpaired) electrons. The van der Waals surface area contributed by atoms with Gasteiger partial charge in [-0.25, -0.2) is 0 Å². The van der Waals surface area contributed by atoms with Gasteiger partial charge in [-0.15, -0.1) is 0 Å². The molecular formula is C15H21N3O3. The number of carboxylic acids is 1. The van der Waals surface area contributed by atoms with Crippen molar-refractivity contribution in [3.05, 3.63) is 29.8 Å². The fraction of sp³-hybridized carbons (Fsp3) is 0.467. The minimum absolute atomic E-state index is 0.0554. The van der Waals surface area contributed by atoms with Gasteiger partial charge in [0.25, 0.3) is 0 Å². The summed E-state index contributed by atoms with van der Waals surface area (Å²) in [7, 11) is 1.93. The lowest BCUT2D eigenvalue weighted by Gasteiger charge is -2.32. The molecule has 21 heavy (non-hydrogen) atoms. The van der Waals surface area contributed by atoms with E-state index in [1.54, 1.807) is 4.90 Å². The highest BCUT2D eigenvalue weighted by molar-refractivity contribution is 5.95. The molecule has 0 aromatic heterocycles. The molecule has 2 rings (SSSR count). The quantitative estimate of drug-likeness (QED) is 0.839. The van der Waals surface area contributed by atoms with E-state index in [1.807, 2.05) is 36.2 Å². The van der Waals surface area contributed by atoms with Gasteiger partial charge < -0.3 is 15.7 Å². The van der Waals surface area contributed by atoms with Crippen LogP contribution in [-0.4, -0.2) is 48.6 Å². The van der Waals surface area contributed by atoms with E-state index < -0.39 is 5.97 Å². The molecule has 1 aliphatic heterocycles. The van der Waals surface area contributed by atoms with Gasteiger partial charge in [0.05, 0.1) is 6.54 Å². The summed E-state index contributed by atoms with van der Waals surface area (Å²) < 4.78 is 0. The second kappa shape index (κ2) is 6.69. The lowest BCUT2D eigenvalue weighted by Crippen LogP contribution is -2.48. The molecular weight excluding hydrogens is 270 g/mol. The number of hydrogen-bond donors (Lipinski definition) is 2. The van der Waals surface area contributed by atoms with Crippen LogP contribution in [0.25, 0.3) is 0 Å². The van der Waals surface area contributed by atoms with Crippen molar-refractivity contribution in [1.29, 1.82) is 0 Å². The monoisotopic (exact) mass is 291 g/mol. The van der Waals surface area contributed by atoms with Crippen LogP contribution in [0.1, 0.15) is 24.4 Å². The van der Waals surface area contributed by atoms with Gasteiger partial charge in [0.2, 0.25) is 5.91 Å². The van der Waals surface area contributed by atoms with Crippen LogP contribution in [-0.2, 0) is 9.59 Å². The Balaban J connectivity index is 2.01. The minimum Gasteiger partial charge on any atom is -0.481 e. The predicted octanol–water partition coefficient (Wildman–Crippen LogP) is 0.830. The number of hydrogen-bond acceptors (Lipinski definition) is 4. The Morgan fingerprint density at radius 3 is 2.57 bits per heavy atom. The van der Waals surface area contributed by atoms with Gasteiger partial charge in [-0.2, -0.15) is 0 Å². The van der Waals surface area contributed by atoms with Crippen molar-refractivity contribution in [3.63, 3.8) is 0 Å². The maximum absolute atomic E-state index is 12.0. The third-order valence-electron chi connectivity index (χ3n) is 3.71. The number of aliphatic carboxylic acids is 1. The van der Waals surface area contributed by atoms with E-state index in [9.17, 15) is 9.59 Å². The van der Waals surface area contributed by atoms with Crippen LogP contribution in [0.4, 0.5) is 5.69 Å². The Kier molecular flexibility index (Phi) is 4.93. The summed E-state index contributed by atoms with van der Waals surface area (Å²) in [5.74, 6) is -0.753. The number of piperazine rings is 1. The van der Waals surface area contributed by atoms with Crippen LogP contribution in [0.5, 0.6) is 0 Å². The molecule has 6 heteroatoms. The number of carbonyl (C=O) groups excluding carboxylic acids is 1. The maximum atomic E-state index is 12.0. The molecule has 1 saturated heterocycles. The first kappa shape index (κ1) is 15.5. The number of likely N-dealkylation sites (N-methyl/N-ethyl adjacent to an activating group) is 1.